The molecule has 8 nitrogen and oxygen atoms in total. The highest BCUT2D eigenvalue weighted by Crippen LogP contribution is 2.36. The van der Waals surface area contributed by atoms with E-state index in [1.165, 1.54) is 31.1 Å². The molecule has 0 atom stereocenters. The van der Waals surface area contributed by atoms with Crippen LogP contribution in [0.5, 0.6) is 5.75 Å². The van der Waals surface area contributed by atoms with Crippen LogP contribution in [-0.2, 0) is 14.8 Å². The van der Waals surface area contributed by atoms with Gasteiger partial charge in [-0.1, -0.05) is 6.08 Å². The van der Waals surface area contributed by atoms with Gasteiger partial charge in [0.15, 0.2) is 0 Å². The Morgan fingerprint density at radius 2 is 2.03 bits per heavy atom. The molecule has 33 heavy (non-hydrogen) atoms. The fraction of sp³-hybridized carbons (Fsp3) is 0.304. The van der Waals surface area contributed by atoms with Crippen LogP contribution in [0.2, 0.25) is 0 Å². The molecule has 2 aromatic heterocycles. The van der Waals surface area contributed by atoms with Crippen LogP contribution in [0.3, 0.4) is 0 Å². The van der Waals surface area contributed by atoms with E-state index in [-0.39, 0.29) is 5.82 Å². The SMILES string of the molecule is COc1ccc(F)cc1-c1ccnc2[nH]c(C3=CCN(C(=O)CS(=O)(=O)N(C)C)CC3)cc12. The van der Waals surface area contributed by atoms with Gasteiger partial charge < -0.3 is 14.6 Å². The van der Waals surface area contributed by atoms with E-state index in [0.29, 0.717) is 36.5 Å². The van der Waals surface area contributed by atoms with Crippen LogP contribution in [0, 0.1) is 5.82 Å². The normalized spacial score (nSPS) is 14.6. The Balaban J connectivity index is 1.61. The molecule has 0 fully saturated rings. The van der Waals surface area contributed by atoms with Crippen LogP contribution >= 0.6 is 0 Å². The fourth-order valence-corrected chi connectivity index (χ4v) is 4.60. The number of H-pyrrole nitrogens is 1. The van der Waals surface area contributed by atoms with Gasteiger partial charge in [-0.2, -0.15) is 0 Å². The van der Waals surface area contributed by atoms with Crippen molar-refractivity contribution >= 4 is 32.5 Å². The van der Waals surface area contributed by atoms with Crippen molar-refractivity contribution in [2.24, 2.45) is 0 Å². The lowest BCUT2D eigenvalue weighted by Gasteiger charge is -2.26. The lowest BCUT2D eigenvalue weighted by atomic mass is 10.0. The Hall–Kier alpha value is -3.24. The molecule has 1 aliphatic rings. The first-order chi connectivity index (χ1) is 15.7. The number of sulfonamides is 1. The van der Waals surface area contributed by atoms with Gasteiger partial charge in [-0.05, 0) is 47.9 Å². The number of carbonyl (C=O) groups excluding carboxylic acids is 1. The standard InChI is InChI=1S/C23H25FN4O4S/c1-27(2)33(30,31)14-22(29)28-10-7-15(8-11-28)20-13-19-17(6-9-25-23(19)26-20)18-12-16(24)4-5-21(18)32-3/h4-7,9,12-13H,8,10-11,14H2,1-3H3,(H,25,26). The third kappa shape index (κ3) is 4.62. The van der Waals surface area contributed by atoms with Crippen LogP contribution in [0.1, 0.15) is 12.1 Å². The number of hydrogen-bond acceptors (Lipinski definition) is 5. The lowest BCUT2D eigenvalue weighted by Crippen LogP contribution is -2.41. The summed E-state index contributed by atoms with van der Waals surface area (Å²) in [7, 11) is 0.766. The average Bonchev–Trinajstić information content (AvgIpc) is 3.23. The number of methoxy groups -OCH3 is 1. The van der Waals surface area contributed by atoms with Crippen molar-refractivity contribution in [1.29, 1.82) is 0 Å². The van der Waals surface area contributed by atoms with Crippen molar-refractivity contribution in [3.05, 3.63) is 54.1 Å². The predicted molar refractivity (Wildman–Crippen MR) is 125 cm³/mol. The molecule has 1 amide bonds. The van der Waals surface area contributed by atoms with E-state index < -0.39 is 21.7 Å². The Labute approximate surface area is 191 Å². The van der Waals surface area contributed by atoms with E-state index in [1.807, 2.05) is 18.2 Å². The minimum atomic E-state index is -3.60. The summed E-state index contributed by atoms with van der Waals surface area (Å²) in [5.74, 6) is -0.760. The van der Waals surface area contributed by atoms with Crippen molar-refractivity contribution in [3.8, 4) is 16.9 Å². The number of halogens is 1. The molecular formula is C23H25FN4O4S. The minimum Gasteiger partial charge on any atom is -0.496 e. The monoisotopic (exact) mass is 472 g/mol. The number of amides is 1. The van der Waals surface area contributed by atoms with E-state index in [0.717, 1.165) is 26.5 Å². The van der Waals surface area contributed by atoms with Crippen LogP contribution in [-0.4, -0.2) is 73.5 Å². The van der Waals surface area contributed by atoms with Crippen LogP contribution in [0.25, 0.3) is 27.7 Å². The quantitative estimate of drug-likeness (QED) is 0.595. The third-order valence-corrected chi connectivity index (χ3v) is 7.48. The van der Waals surface area contributed by atoms with Gasteiger partial charge in [0.1, 0.15) is 23.0 Å². The van der Waals surface area contributed by atoms with Crippen molar-refractivity contribution in [2.75, 3.05) is 40.0 Å². The van der Waals surface area contributed by atoms with Gasteiger partial charge in [-0.25, -0.2) is 22.1 Å². The highest BCUT2D eigenvalue weighted by Gasteiger charge is 2.25. The van der Waals surface area contributed by atoms with Crippen LogP contribution in [0.4, 0.5) is 4.39 Å². The lowest BCUT2D eigenvalue weighted by molar-refractivity contribution is -0.128. The summed E-state index contributed by atoms with van der Waals surface area (Å²) in [4.78, 5) is 21.7. The number of nitrogens with zero attached hydrogens (tertiary/aromatic N) is 3. The van der Waals surface area contributed by atoms with E-state index >= 15 is 0 Å². The van der Waals surface area contributed by atoms with Gasteiger partial charge in [-0.3, -0.25) is 4.79 Å². The maximum atomic E-state index is 14.0. The molecule has 0 bridgehead atoms. The minimum absolute atomic E-state index is 0.324. The maximum Gasteiger partial charge on any atom is 0.239 e. The summed E-state index contributed by atoms with van der Waals surface area (Å²) in [6.07, 6.45) is 4.14. The predicted octanol–water partition coefficient (Wildman–Crippen LogP) is 2.88. The summed E-state index contributed by atoms with van der Waals surface area (Å²) in [6.45, 7) is 0.742. The van der Waals surface area contributed by atoms with Gasteiger partial charge in [0.2, 0.25) is 15.9 Å². The Kier molecular flexibility index (Phi) is 6.22. The molecule has 1 N–H and O–H groups in total. The topological polar surface area (TPSA) is 95.6 Å². The highest BCUT2D eigenvalue weighted by molar-refractivity contribution is 7.89. The zero-order valence-electron chi connectivity index (χ0n) is 18.6. The molecular weight excluding hydrogens is 447 g/mol. The maximum absolute atomic E-state index is 14.0. The summed E-state index contributed by atoms with van der Waals surface area (Å²) in [5, 5.41) is 0.827. The third-order valence-electron chi connectivity index (χ3n) is 5.75. The van der Waals surface area contributed by atoms with Crippen molar-refractivity contribution in [1.82, 2.24) is 19.2 Å². The van der Waals surface area contributed by atoms with Crippen LogP contribution in [0.15, 0.2) is 42.6 Å². The molecule has 4 rings (SSSR count). The molecule has 0 aliphatic carbocycles. The molecule has 174 valence electrons. The number of fused-ring (bicyclic) bond motifs is 1. The second-order valence-electron chi connectivity index (χ2n) is 8.01. The van der Waals surface area contributed by atoms with Gasteiger partial charge in [0.05, 0.1) is 7.11 Å². The Morgan fingerprint density at radius 3 is 2.70 bits per heavy atom. The summed E-state index contributed by atoms with van der Waals surface area (Å²) < 4.78 is 44.4. The number of ether oxygens (including phenoxy) is 1. The van der Waals surface area contributed by atoms with Crippen molar-refractivity contribution in [3.63, 3.8) is 0 Å². The van der Waals surface area contributed by atoms with Gasteiger partial charge in [0.25, 0.3) is 0 Å². The van der Waals surface area contributed by atoms with E-state index in [4.69, 9.17) is 4.74 Å². The number of aromatic amines is 1. The van der Waals surface area contributed by atoms with Crippen molar-refractivity contribution < 1.29 is 22.3 Å². The highest BCUT2D eigenvalue weighted by atomic mass is 32.2. The zero-order chi connectivity index (χ0) is 23.8. The number of nitrogens with one attached hydrogen (secondary N) is 1. The van der Waals surface area contributed by atoms with E-state index in [1.54, 1.807) is 19.4 Å². The zero-order valence-corrected chi connectivity index (χ0v) is 19.4. The second-order valence-corrected chi connectivity index (χ2v) is 10.2. The fourth-order valence-electron chi connectivity index (χ4n) is 3.84. The molecule has 3 heterocycles. The van der Waals surface area contributed by atoms with E-state index in [9.17, 15) is 17.6 Å². The molecule has 10 heteroatoms. The van der Waals surface area contributed by atoms with Gasteiger partial charge in [-0.15, -0.1) is 0 Å². The molecule has 0 spiro atoms. The summed E-state index contributed by atoms with van der Waals surface area (Å²) in [6, 6.07) is 8.16. The van der Waals surface area contributed by atoms with Crippen molar-refractivity contribution in [2.45, 2.75) is 6.42 Å². The van der Waals surface area contributed by atoms with E-state index in [2.05, 4.69) is 9.97 Å². The summed E-state index contributed by atoms with van der Waals surface area (Å²) in [5.41, 5.74) is 3.94. The number of benzene rings is 1. The number of rotatable bonds is 6. The smallest absolute Gasteiger partial charge is 0.239 e. The first-order valence-electron chi connectivity index (χ1n) is 10.4. The number of pyridine rings is 1. The van der Waals surface area contributed by atoms with Crippen LogP contribution < -0.4 is 4.74 Å². The first kappa shape index (κ1) is 22.9. The number of aromatic nitrogens is 2. The molecule has 0 unspecified atom stereocenters. The molecule has 1 aliphatic heterocycles. The molecule has 3 aromatic rings. The molecule has 0 saturated carbocycles. The Bertz CT molecular complexity index is 1350. The average molecular weight is 473 g/mol. The van der Waals surface area contributed by atoms with Gasteiger partial charge >= 0.3 is 0 Å². The largest absolute Gasteiger partial charge is 0.496 e. The molecule has 0 saturated heterocycles. The second kappa shape index (κ2) is 8.95. The molecule has 1 aromatic carbocycles. The number of hydrogen-bond donors (Lipinski definition) is 1. The summed E-state index contributed by atoms with van der Waals surface area (Å²) >= 11 is 0. The van der Waals surface area contributed by atoms with Gasteiger partial charge in [0, 0.05) is 50.0 Å². The number of carbonyl (C=O) groups is 1. The first-order valence-corrected chi connectivity index (χ1v) is 12.0. The molecule has 0 radical (unpaired) electrons. The Morgan fingerprint density at radius 1 is 1.24 bits per heavy atom.